The molecule has 8 nitrogen and oxygen atoms in total. The first-order valence-corrected chi connectivity index (χ1v) is 15.6. The molecule has 3 aromatic heterocycles. The number of ether oxygens (including phenoxy) is 1. The van der Waals surface area contributed by atoms with E-state index in [-0.39, 0.29) is 28.8 Å². The number of anilines is 1. The summed E-state index contributed by atoms with van der Waals surface area (Å²) < 4.78 is 25.1. The maximum Gasteiger partial charge on any atom is 0.319 e. The summed E-state index contributed by atoms with van der Waals surface area (Å²) in [5.74, 6) is 0.151. The van der Waals surface area contributed by atoms with Crippen molar-refractivity contribution in [3.05, 3.63) is 71.9 Å². The zero-order chi connectivity index (χ0) is 29.0. The van der Waals surface area contributed by atoms with Gasteiger partial charge in [-0.25, -0.2) is 4.39 Å². The number of hydrogen-bond acceptors (Lipinski definition) is 7. The molecule has 10 heteroatoms. The topological polar surface area (TPSA) is 72.2 Å². The maximum atomic E-state index is 16.7. The number of rotatable bonds is 6. The summed E-state index contributed by atoms with van der Waals surface area (Å²) in [5, 5.41) is 7.30. The van der Waals surface area contributed by atoms with Gasteiger partial charge in [0.25, 0.3) is 0 Å². The zero-order valence-electron chi connectivity index (χ0n) is 23.9. The van der Waals surface area contributed by atoms with E-state index in [1.807, 2.05) is 53.3 Å². The normalized spacial score (nSPS) is 20.2. The van der Waals surface area contributed by atoms with Gasteiger partial charge < -0.3 is 9.64 Å². The van der Waals surface area contributed by atoms with Crippen LogP contribution in [0.5, 0.6) is 6.01 Å². The summed E-state index contributed by atoms with van der Waals surface area (Å²) in [7, 11) is 0. The Kier molecular flexibility index (Phi) is 6.67. The van der Waals surface area contributed by atoms with Crippen molar-refractivity contribution in [1.29, 1.82) is 0 Å². The SMILES string of the molecule is Fc1c(-c2cccc3cccc(Cl)c23)ncc2c(N3CCCC(n4cccn4)C3)nc(OCC34CCCN3CCC4)nc12. The summed E-state index contributed by atoms with van der Waals surface area (Å²) >= 11 is 6.62. The molecule has 43 heavy (non-hydrogen) atoms. The highest BCUT2D eigenvalue weighted by Crippen LogP contribution is 2.41. The lowest BCUT2D eigenvalue weighted by atomic mass is 9.95. The molecule has 0 aliphatic carbocycles. The van der Waals surface area contributed by atoms with Crippen LogP contribution in [0.4, 0.5) is 10.2 Å². The Hall–Kier alpha value is -3.82. The van der Waals surface area contributed by atoms with E-state index < -0.39 is 5.82 Å². The molecule has 5 aromatic rings. The Morgan fingerprint density at radius 1 is 1.00 bits per heavy atom. The van der Waals surface area contributed by atoms with Crippen molar-refractivity contribution in [3.63, 3.8) is 0 Å². The number of fused-ring (bicyclic) bond motifs is 3. The average molecular weight is 598 g/mol. The van der Waals surface area contributed by atoms with Crippen molar-refractivity contribution in [1.82, 2.24) is 29.6 Å². The Bertz CT molecular complexity index is 1800. The molecule has 0 N–H and O–H groups in total. The van der Waals surface area contributed by atoms with Crippen LogP contribution in [0.3, 0.4) is 0 Å². The second kappa shape index (κ2) is 10.7. The van der Waals surface area contributed by atoms with Crippen LogP contribution >= 0.6 is 11.6 Å². The number of nitrogens with zero attached hydrogens (tertiary/aromatic N) is 7. The van der Waals surface area contributed by atoms with Gasteiger partial charge in [0.2, 0.25) is 0 Å². The Labute approximate surface area is 254 Å². The third-order valence-electron chi connectivity index (χ3n) is 9.63. The molecule has 6 heterocycles. The fraction of sp³-hybridized carbons (Fsp3) is 0.394. The standard InChI is InChI=1S/C33H33ClFN7O/c34-26-11-2-8-22-7-1-10-24(27(22)26)29-28(35)30-25(19-36-29)31(40-15-3-9-23(20-40)42-18-6-14-37-42)39-32(38-30)43-21-33-12-4-16-41(33)17-5-13-33/h1-2,6-8,10-11,14,18-19,23H,3-5,9,12-13,15-17,20-21H2. The fourth-order valence-electron chi connectivity index (χ4n) is 7.53. The van der Waals surface area contributed by atoms with Crippen molar-refractivity contribution >= 4 is 39.1 Å². The number of hydrogen-bond donors (Lipinski definition) is 0. The summed E-state index contributed by atoms with van der Waals surface area (Å²) in [6.45, 7) is 4.21. The van der Waals surface area contributed by atoms with Gasteiger partial charge in [0, 0.05) is 47.7 Å². The van der Waals surface area contributed by atoms with Crippen LogP contribution in [0.1, 0.15) is 44.6 Å². The molecular formula is C33H33ClFN7O. The minimum atomic E-state index is -0.499. The first kappa shape index (κ1) is 26.8. The van der Waals surface area contributed by atoms with Crippen molar-refractivity contribution in [3.8, 4) is 17.3 Å². The first-order valence-electron chi connectivity index (χ1n) is 15.3. The van der Waals surface area contributed by atoms with Gasteiger partial charge in [0.15, 0.2) is 5.82 Å². The predicted molar refractivity (Wildman–Crippen MR) is 166 cm³/mol. The molecule has 3 saturated heterocycles. The van der Waals surface area contributed by atoms with Gasteiger partial charge in [0.1, 0.15) is 23.6 Å². The van der Waals surface area contributed by atoms with E-state index in [0.717, 1.165) is 56.1 Å². The molecule has 3 aliphatic heterocycles. The monoisotopic (exact) mass is 597 g/mol. The summed E-state index contributed by atoms with van der Waals surface area (Å²) in [6.07, 6.45) is 12.0. The van der Waals surface area contributed by atoms with Gasteiger partial charge in [-0.15, -0.1) is 0 Å². The molecule has 0 radical (unpaired) electrons. The Morgan fingerprint density at radius 2 is 1.84 bits per heavy atom. The summed E-state index contributed by atoms with van der Waals surface area (Å²) in [5.41, 5.74) is 1.08. The van der Waals surface area contributed by atoms with Gasteiger partial charge in [-0.2, -0.15) is 15.1 Å². The van der Waals surface area contributed by atoms with Crippen LogP contribution in [0.15, 0.2) is 61.1 Å². The van der Waals surface area contributed by atoms with Crippen LogP contribution in [0.2, 0.25) is 5.02 Å². The van der Waals surface area contributed by atoms with Gasteiger partial charge in [0.05, 0.1) is 17.0 Å². The Morgan fingerprint density at radius 3 is 2.65 bits per heavy atom. The van der Waals surface area contributed by atoms with Crippen LogP contribution in [-0.2, 0) is 0 Å². The van der Waals surface area contributed by atoms with Crippen LogP contribution < -0.4 is 9.64 Å². The molecule has 0 saturated carbocycles. The average Bonchev–Trinajstić information content (AvgIpc) is 3.79. The molecule has 2 aromatic carbocycles. The molecule has 1 atom stereocenters. The lowest BCUT2D eigenvalue weighted by Crippen LogP contribution is -2.43. The van der Waals surface area contributed by atoms with E-state index in [9.17, 15) is 0 Å². The van der Waals surface area contributed by atoms with Crippen molar-refractivity contribution in [2.24, 2.45) is 0 Å². The number of benzene rings is 2. The lowest BCUT2D eigenvalue weighted by molar-refractivity contribution is 0.108. The molecule has 0 amide bonds. The molecule has 3 aliphatic rings. The van der Waals surface area contributed by atoms with E-state index in [2.05, 4.69) is 19.9 Å². The van der Waals surface area contributed by atoms with E-state index in [1.54, 1.807) is 12.4 Å². The largest absolute Gasteiger partial charge is 0.461 e. The third-order valence-corrected chi connectivity index (χ3v) is 9.94. The predicted octanol–water partition coefficient (Wildman–Crippen LogP) is 6.68. The van der Waals surface area contributed by atoms with E-state index in [0.29, 0.717) is 34.9 Å². The van der Waals surface area contributed by atoms with Crippen molar-refractivity contribution in [2.75, 3.05) is 37.7 Å². The summed E-state index contributed by atoms with van der Waals surface area (Å²) in [4.78, 5) is 19.1. The summed E-state index contributed by atoms with van der Waals surface area (Å²) in [6, 6.07) is 13.8. The van der Waals surface area contributed by atoms with Crippen LogP contribution in [0, 0.1) is 5.82 Å². The highest BCUT2D eigenvalue weighted by molar-refractivity contribution is 6.36. The minimum absolute atomic E-state index is 0.0242. The highest BCUT2D eigenvalue weighted by atomic mass is 35.5. The van der Waals surface area contributed by atoms with E-state index >= 15 is 4.39 Å². The fourth-order valence-corrected chi connectivity index (χ4v) is 7.81. The highest BCUT2D eigenvalue weighted by Gasteiger charge is 2.45. The van der Waals surface area contributed by atoms with E-state index in [1.165, 1.54) is 12.8 Å². The Balaban J connectivity index is 1.24. The molecule has 220 valence electrons. The maximum absolute atomic E-state index is 16.7. The quantitative estimate of drug-likeness (QED) is 0.216. The molecule has 1 unspecified atom stereocenters. The van der Waals surface area contributed by atoms with Crippen molar-refractivity contribution in [2.45, 2.75) is 50.1 Å². The van der Waals surface area contributed by atoms with Gasteiger partial charge in [-0.05, 0) is 69.1 Å². The number of piperidine rings is 1. The second-order valence-electron chi connectivity index (χ2n) is 12.1. The number of aromatic nitrogens is 5. The van der Waals surface area contributed by atoms with Crippen LogP contribution in [-0.4, -0.2) is 68.0 Å². The number of halogens is 2. The van der Waals surface area contributed by atoms with Gasteiger partial charge in [-0.1, -0.05) is 41.9 Å². The smallest absolute Gasteiger partial charge is 0.319 e. The first-order chi connectivity index (χ1) is 21.1. The minimum Gasteiger partial charge on any atom is -0.461 e. The van der Waals surface area contributed by atoms with E-state index in [4.69, 9.17) is 26.3 Å². The number of pyridine rings is 1. The molecule has 3 fully saturated rings. The zero-order valence-corrected chi connectivity index (χ0v) is 24.7. The molecular weight excluding hydrogens is 565 g/mol. The van der Waals surface area contributed by atoms with Crippen molar-refractivity contribution < 1.29 is 9.13 Å². The molecule has 0 spiro atoms. The van der Waals surface area contributed by atoms with Gasteiger partial charge in [-0.3, -0.25) is 14.6 Å². The third kappa shape index (κ3) is 4.60. The van der Waals surface area contributed by atoms with Gasteiger partial charge >= 0.3 is 6.01 Å². The second-order valence-corrected chi connectivity index (χ2v) is 12.5. The van der Waals surface area contributed by atoms with Crippen LogP contribution in [0.25, 0.3) is 32.9 Å². The molecule has 0 bridgehead atoms. The molecule has 8 rings (SSSR count). The lowest BCUT2D eigenvalue weighted by Gasteiger charge is -2.34.